The van der Waals surface area contributed by atoms with Gasteiger partial charge in [0, 0.05) is 42.3 Å². The van der Waals surface area contributed by atoms with Gasteiger partial charge in [-0.3, -0.25) is 9.78 Å². The average molecular weight is 470 g/mol. The fraction of sp³-hybridized carbons (Fsp3) is 0.241. The van der Waals surface area contributed by atoms with Crippen molar-refractivity contribution in [1.82, 2.24) is 9.88 Å². The van der Waals surface area contributed by atoms with Gasteiger partial charge in [0.2, 0.25) is 0 Å². The standard InChI is InChI=1S/C20H24N2O2.C9H7NO/c1-15-13-17(7-8-18(15)21)19(23)22-11-9-20(24,10-12-22)14-16-5-3-2-4-6-16;11-8-5-1-3-7-4-2-6-10-9(7)8/h2-8,13,24H,9-12,14,21H2,1H3;1-6,11H. The van der Waals surface area contributed by atoms with Crippen LogP contribution < -0.4 is 5.73 Å². The summed E-state index contributed by atoms with van der Waals surface area (Å²) < 4.78 is 0. The largest absolute Gasteiger partial charge is 0.506 e. The Kier molecular flexibility index (Phi) is 7.32. The van der Waals surface area contributed by atoms with Crippen LogP contribution in [0, 0.1) is 6.92 Å². The van der Waals surface area contributed by atoms with E-state index in [0.717, 1.165) is 16.5 Å². The van der Waals surface area contributed by atoms with E-state index in [1.165, 1.54) is 0 Å². The fourth-order valence-corrected chi connectivity index (χ4v) is 4.36. The normalized spacial score (nSPS) is 14.7. The molecule has 0 aliphatic carbocycles. The lowest BCUT2D eigenvalue weighted by Crippen LogP contribution is -2.47. The Morgan fingerprint density at radius 3 is 2.40 bits per heavy atom. The van der Waals surface area contributed by atoms with Crippen LogP contribution in [0.2, 0.25) is 0 Å². The van der Waals surface area contributed by atoms with Crippen molar-refractivity contribution in [2.24, 2.45) is 0 Å². The molecule has 1 aliphatic heterocycles. The van der Waals surface area contributed by atoms with E-state index < -0.39 is 5.60 Å². The van der Waals surface area contributed by atoms with Crippen LogP contribution in [0.1, 0.15) is 34.3 Å². The summed E-state index contributed by atoms with van der Waals surface area (Å²) in [5.74, 6) is 0.253. The van der Waals surface area contributed by atoms with E-state index in [1.807, 2.05) is 66.4 Å². The summed E-state index contributed by atoms with van der Waals surface area (Å²) in [7, 11) is 0. The van der Waals surface area contributed by atoms with Crippen LogP contribution in [-0.4, -0.2) is 44.7 Å². The van der Waals surface area contributed by atoms with Crippen LogP contribution >= 0.6 is 0 Å². The first-order chi connectivity index (χ1) is 16.8. The molecule has 1 aliphatic rings. The predicted octanol–water partition coefficient (Wildman–Crippen LogP) is 4.73. The van der Waals surface area contributed by atoms with Gasteiger partial charge in [0.05, 0.1) is 5.60 Å². The number of aryl methyl sites for hydroxylation is 1. The number of carbonyl (C=O) groups excluding carboxylic acids is 1. The van der Waals surface area contributed by atoms with Crippen molar-refractivity contribution < 1.29 is 15.0 Å². The average Bonchev–Trinajstić information content (AvgIpc) is 2.87. The Morgan fingerprint density at radius 1 is 1.00 bits per heavy atom. The van der Waals surface area contributed by atoms with Crippen LogP contribution in [0.4, 0.5) is 5.69 Å². The number of amides is 1. The highest BCUT2D eigenvalue weighted by Gasteiger charge is 2.34. The van der Waals surface area contributed by atoms with Gasteiger partial charge in [-0.1, -0.05) is 48.5 Å². The van der Waals surface area contributed by atoms with Gasteiger partial charge in [-0.25, -0.2) is 0 Å². The minimum Gasteiger partial charge on any atom is -0.506 e. The molecule has 6 heteroatoms. The second-order valence-corrected chi connectivity index (χ2v) is 9.10. The number of hydrogen-bond donors (Lipinski definition) is 3. The second-order valence-electron chi connectivity index (χ2n) is 9.10. The van der Waals surface area contributed by atoms with Gasteiger partial charge in [0.1, 0.15) is 11.3 Å². The smallest absolute Gasteiger partial charge is 0.253 e. The Labute approximate surface area is 205 Å². The van der Waals surface area contributed by atoms with Gasteiger partial charge in [0.15, 0.2) is 0 Å². The van der Waals surface area contributed by atoms with E-state index in [2.05, 4.69) is 4.98 Å². The number of para-hydroxylation sites is 1. The first-order valence-corrected chi connectivity index (χ1v) is 11.8. The van der Waals surface area contributed by atoms with E-state index in [9.17, 15) is 15.0 Å². The third kappa shape index (κ3) is 5.97. The van der Waals surface area contributed by atoms with E-state index in [4.69, 9.17) is 5.73 Å². The van der Waals surface area contributed by atoms with Crippen LogP contribution in [0.3, 0.4) is 0 Å². The third-order valence-corrected chi connectivity index (χ3v) is 6.49. The number of likely N-dealkylation sites (tertiary alicyclic amines) is 1. The first-order valence-electron chi connectivity index (χ1n) is 11.8. The number of anilines is 1. The summed E-state index contributed by atoms with van der Waals surface area (Å²) in [4.78, 5) is 18.5. The highest BCUT2D eigenvalue weighted by atomic mass is 16.3. The molecular weight excluding hydrogens is 438 g/mol. The molecule has 0 bridgehead atoms. The topological polar surface area (TPSA) is 99.7 Å². The number of aromatic hydroxyl groups is 1. The Balaban J connectivity index is 0.000000218. The van der Waals surface area contributed by atoms with Gasteiger partial charge >= 0.3 is 0 Å². The van der Waals surface area contributed by atoms with Crippen molar-refractivity contribution >= 4 is 22.5 Å². The van der Waals surface area contributed by atoms with E-state index in [1.54, 1.807) is 30.5 Å². The van der Waals surface area contributed by atoms with Crippen molar-refractivity contribution in [2.75, 3.05) is 18.8 Å². The van der Waals surface area contributed by atoms with E-state index in [0.29, 0.717) is 49.1 Å². The summed E-state index contributed by atoms with van der Waals surface area (Å²) in [5, 5.41) is 21.1. The summed E-state index contributed by atoms with van der Waals surface area (Å²) in [6, 6.07) is 24.5. The lowest BCUT2D eigenvalue weighted by atomic mass is 9.85. The predicted molar refractivity (Wildman–Crippen MR) is 139 cm³/mol. The van der Waals surface area contributed by atoms with E-state index in [-0.39, 0.29) is 11.7 Å². The monoisotopic (exact) mass is 469 g/mol. The van der Waals surface area contributed by atoms with Gasteiger partial charge < -0.3 is 20.8 Å². The van der Waals surface area contributed by atoms with Gasteiger partial charge in [0.25, 0.3) is 5.91 Å². The minimum absolute atomic E-state index is 0.0138. The van der Waals surface area contributed by atoms with E-state index >= 15 is 0 Å². The maximum Gasteiger partial charge on any atom is 0.253 e. The highest BCUT2D eigenvalue weighted by molar-refractivity contribution is 5.95. The molecule has 1 aromatic heterocycles. The van der Waals surface area contributed by atoms with Crippen LogP contribution in [0.15, 0.2) is 85.1 Å². The van der Waals surface area contributed by atoms with Crippen molar-refractivity contribution in [3.05, 3.63) is 102 Å². The molecule has 180 valence electrons. The Hall–Kier alpha value is -3.90. The number of aromatic nitrogens is 1. The number of aliphatic hydroxyl groups is 1. The van der Waals surface area contributed by atoms with Crippen LogP contribution in [0.5, 0.6) is 5.75 Å². The number of carbonyl (C=O) groups is 1. The molecular formula is C29H31N3O3. The molecule has 0 atom stereocenters. The lowest BCUT2D eigenvalue weighted by molar-refractivity contribution is -0.0162. The number of benzene rings is 3. The number of rotatable bonds is 3. The molecule has 6 nitrogen and oxygen atoms in total. The summed E-state index contributed by atoms with van der Waals surface area (Å²) in [6.07, 6.45) is 3.50. The van der Waals surface area contributed by atoms with Crippen molar-refractivity contribution in [1.29, 1.82) is 0 Å². The summed E-state index contributed by atoms with van der Waals surface area (Å²) in [6.45, 7) is 3.05. The number of piperidine rings is 1. The molecule has 1 fully saturated rings. The molecule has 0 radical (unpaired) electrons. The number of pyridine rings is 1. The number of nitrogens with two attached hydrogens (primary N) is 1. The molecule has 35 heavy (non-hydrogen) atoms. The maximum absolute atomic E-state index is 12.6. The van der Waals surface area contributed by atoms with Gasteiger partial charge in [-0.15, -0.1) is 0 Å². The maximum atomic E-state index is 12.6. The molecule has 2 heterocycles. The Bertz CT molecular complexity index is 1290. The molecule has 0 unspecified atom stereocenters. The number of nitrogen functional groups attached to an aromatic ring is 1. The van der Waals surface area contributed by atoms with Crippen LogP contribution in [-0.2, 0) is 6.42 Å². The number of nitrogens with zero attached hydrogens (tertiary/aromatic N) is 2. The summed E-state index contributed by atoms with van der Waals surface area (Å²) in [5.41, 5.74) is 9.16. The minimum atomic E-state index is -0.727. The number of phenolic OH excluding ortho intramolecular Hbond substituents is 1. The fourth-order valence-electron chi connectivity index (χ4n) is 4.36. The first kappa shape index (κ1) is 24.2. The zero-order valence-corrected chi connectivity index (χ0v) is 19.9. The molecule has 1 saturated heterocycles. The second kappa shape index (κ2) is 10.6. The highest BCUT2D eigenvalue weighted by Crippen LogP contribution is 2.27. The molecule has 0 spiro atoms. The zero-order chi connectivity index (χ0) is 24.8. The molecule has 3 aromatic carbocycles. The number of phenols is 1. The SMILES string of the molecule is Cc1cc(C(=O)N2CCC(O)(Cc3ccccc3)CC2)ccc1N.Oc1cccc2cccnc12. The van der Waals surface area contributed by atoms with Crippen molar-refractivity contribution in [2.45, 2.75) is 31.8 Å². The van der Waals surface area contributed by atoms with Crippen molar-refractivity contribution in [3.63, 3.8) is 0 Å². The molecule has 4 N–H and O–H groups in total. The Morgan fingerprint density at radius 2 is 1.71 bits per heavy atom. The van der Waals surface area contributed by atoms with Gasteiger partial charge in [-0.05, 0) is 61.2 Å². The lowest BCUT2D eigenvalue weighted by Gasteiger charge is -2.38. The molecule has 1 amide bonds. The molecule has 5 rings (SSSR count). The number of hydrogen-bond acceptors (Lipinski definition) is 5. The quantitative estimate of drug-likeness (QED) is 0.377. The molecule has 0 saturated carbocycles. The van der Waals surface area contributed by atoms with Gasteiger partial charge in [-0.2, -0.15) is 0 Å². The zero-order valence-electron chi connectivity index (χ0n) is 19.9. The van der Waals surface area contributed by atoms with Crippen LogP contribution in [0.25, 0.3) is 10.9 Å². The summed E-state index contributed by atoms with van der Waals surface area (Å²) >= 11 is 0. The molecule has 4 aromatic rings. The van der Waals surface area contributed by atoms with Crippen molar-refractivity contribution in [3.8, 4) is 5.75 Å². The third-order valence-electron chi connectivity index (χ3n) is 6.49. The number of fused-ring (bicyclic) bond motifs is 1.